The van der Waals surface area contributed by atoms with Gasteiger partial charge in [0.1, 0.15) is 11.5 Å². The molecule has 144 valence electrons. The molecular formula is C21H25FN2O3. The molecule has 0 spiro atoms. The van der Waals surface area contributed by atoms with Gasteiger partial charge in [0, 0.05) is 6.42 Å². The van der Waals surface area contributed by atoms with Crippen LogP contribution in [0.4, 0.5) is 15.8 Å². The van der Waals surface area contributed by atoms with E-state index in [4.69, 9.17) is 0 Å². The summed E-state index contributed by atoms with van der Waals surface area (Å²) in [6.07, 6.45) is 2.31. The van der Waals surface area contributed by atoms with Gasteiger partial charge in [-0.2, -0.15) is 0 Å². The Morgan fingerprint density at radius 2 is 2.00 bits per heavy atom. The van der Waals surface area contributed by atoms with Crippen molar-refractivity contribution < 1.29 is 19.0 Å². The van der Waals surface area contributed by atoms with E-state index in [2.05, 4.69) is 22.3 Å². The summed E-state index contributed by atoms with van der Waals surface area (Å²) in [6.45, 7) is 4.08. The molecule has 3 rings (SSSR count). The van der Waals surface area contributed by atoms with E-state index in [0.29, 0.717) is 6.42 Å². The summed E-state index contributed by atoms with van der Waals surface area (Å²) in [7, 11) is 1.23. The van der Waals surface area contributed by atoms with Gasteiger partial charge in [0.25, 0.3) is 0 Å². The van der Waals surface area contributed by atoms with E-state index in [1.807, 2.05) is 19.1 Å². The molecule has 0 bridgehead atoms. The Labute approximate surface area is 158 Å². The number of anilines is 2. The van der Waals surface area contributed by atoms with Crippen molar-refractivity contribution in [3.05, 3.63) is 58.4 Å². The highest BCUT2D eigenvalue weighted by molar-refractivity contribution is 5.89. The second-order valence-corrected chi connectivity index (χ2v) is 7.06. The molecule has 0 radical (unpaired) electrons. The Kier molecular flexibility index (Phi) is 5.37. The van der Waals surface area contributed by atoms with Crippen LogP contribution in [0.1, 0.15) is 46.8 Å². The number of fused-ring (bicyclic) bond motifs is 1. The normalized spacial score (nSPS) is 17.8. The van der Waals surface area contributed by atoms with Gasteiger partial charge in [0.2, 0.25) is 0 Å². The monoisotopic (exact) mass is 372 g/mol. The van der Waals surface area contributed by atoms with E-state index in [1.165, 1.54) is 19.2 Å². The maximum atomic E-state index is 14.3. The van der Waals surface area contributed by atoms with Crippen molar-refractivity contribution in [3.63, 3.8) is 0 Å². The van der Waals surface area contributed by atoms with Crippen molar-refractivity contribution in [3.8, 4) is 0 Å². The van der Waals surface area contributed by atoms with Gasteiger partial charge >= 0.3 is 5.97 Å². The van der Waals surface area contributed by atoms with Crippen LogP contribution in [-0.2, 0) is 17.8 Å². The van der Waals surface area contributed by atoms with E-state index in [-0.39, 0.29) is 12.2 Å². The number of hydrogen-bond donors (Lipinski definition) is 3. The van der Waals surface area contributed by atoms with Gasteiger partial charge in [-0.05, 0) is 48.2 Å². The molecule has 1 aliphatic heterocycles. The number of benzene rings is 2. The number of aliphatic hydroxyl groups is 1. The second-order valence-electron chi connectivity index (χ2n) is 7.06. The van der Waals surface area contributed by atoms with Crippen molar-refractivity contribution in [2.75, 3.05) is 17.7 Å². The first kappa shape index (κ1) is 19.2. The number of nitrogens with one attached hydrogen (secondary N) is 2. The average Bonchev–Trinajstić information content (AvgIpc) is 3.00. The molecule has 2 aromatic carbocycles. The zero-order valence-electron chi connectivity index (χ0n) is 15.9. The molecule has 1 aliphatic rings. The minimum absolute atomic E-state index is 0.0171. The lowest BCUT2D eigenvalue weighted by Gasteiger charge is -2.31. The van der Waals surface area contributed by atoms with Crippen molar-refractivity contribution >= 4 is 17.3 Å². The first-order valence-corrected chi connectivity index (χ1v) is 9.09. The Morgan fingerprint density at radius 3 is 2.63 bits per heavy atom. The van der Waals surface area contributed by atoms with Crippen LogP contribution in [0.25, 0.3) is 0 Å². The molecule has 1 heterocycles. The van der Waals surface area contributed by atoms with Gasteiger partial charge in [0.15, 0.2) is 0 Å². The van der Waals surface area contributed by atoms with Crippen LogP contribution in [0.15, 0.2) is 30.3 Å². The summed E-state index contributed by atoms with van der Waals surface area (Å²) in [5.74, 6) is -1.26. The highest BCUT2D eigenvalue weighted by atomic mass is 19.1. The number of esters is 1. The van der Waals surface area contributed by atoms with Gasteiger partial charge < -0.3 is 20.5 Å². The van der Waals surface area contributed by atoms with E-state index in [9.17, 15) is 14.3 Å². The van der Waals surface area contributed by atoms with Crippen LogP contribution in [0.2, 0.25) is 0 Å². The quantitative estimate of drug-likeness (QED) is 0.669. The summed E-state index contributed by atoms with van der Waals surface area (Å²) < 4.78 is 18.9. The van der Waals surface area contributed by atoms with Crippen molar-refractivity contribution in [1.29, 1.82) is 0 Å². The molecule has 1 atom stereocenters. The minimum atomic E-state index is -0.681. The third-order valence-electron chi connectivity index (χ3n) is 4.94. The number of methoxy groups -OCH3 is 1. The van der Waals surface area contributed by atoms with Crippen LogP contribution >= 0.6 is 0 Å². The van der Waals surface area contributed by atoms with Gasteiger partial charge in [0.05, 0.1) is 30.7 Å². The minimum Gasteiger partial charge on any atom is -0.465 e. The highest BCUT2D eigenvalue weighted by Gasteiger charge is 2.36. The van der Waals surface area contributed by atoms with Crippen molar-refractivity contribution in [2.45, 2.75) is 45.4 Å². The SMILES string of the molecule is CCCC1(Cc2ccc(C(=O)OC)c(F)c2)Nc2cc(CO)cc(C)c2N1. The molecule has 0 fully saturated rings. The fourth-order valence-electron chi connectivity index (χ4n) is 3.77. The smallest absolute Gasteiger partial charge is 0.340 e. The van der Waals surface area contributed by atoms with E-state index in [0.717, 1.165) is 40.9 Å². The number of aliphatic hydroxyl groups excluding tert-OH is 1. The summed E-state index contributed by atoms with van der Waals surface area (Å²) in [4.78, 5) is 11.6. The number of hydrogen-bond acceptors (Lipinski definition) is 5. The maximum Gasteiger partial charge on any atom is 0.340 e. The predicted molar refractivity (Wildman–Crippen MR) is 103 cm³/mol. The van der Waals surface area contributed by atoms with Crippen LogP contribution in [0.5, 0.6) is 0 Å². The molecule has 5 nitrogen and oxygen atoms in total. The highest BCUT2D eigenvalue weighted by Crippen LogP contribution is 2.41. The van der Waals surface area contributed by atoms with E-state index >= 15 is 0 Å². The maximum absolute atomic E-state index is 14.3. The molecule has 1 unspecified atom stereocenters. The van der Waals surface area contributed by atoms with Crippen LogP contribution < -0.4 is 10.6 Å². The molecule has 2 aromatic rings. The molecule has 3 N–H and O–H groups in total. The predicted octanol–water partition coefficient (Wildman–Crippen LogP) is 3.99. The van der Waals surface area contributed by atoms with Crippen LogP contribution in [0.3, 0.4) is 0 Å². The van der Waals surface area contributed by atoms with Crippen LogP contribution in [0, 0.1) is 12.7 Å². The first-order valence-electron chi connectivity index (χ1n) is 9.09. The molecule has 0 amide bonds. The fourth-order valence-corrected chi connectivity index (χ4v) is 3.77. The van der Waals surface area contributed by atoms with Crippen molar-refractivity contribution in [2.24, 2.45) is 0 Å². The van der Waals surface area contributed by atoms with Gasteiger partial charge in [-0.15, -0.1) is 0 Å². The lowest BCUT2D eigenvalue weighted by Crippen LogP contribution is -2.44. The van der Waals surface area contributed by atoms with Gasteiger partial charge in [-0.3, -0.25) is 0 Å². The topological polar surface area (TPSA) is 70.6 Å². The number of aryl methyl sites for hydroxylation is 1. The number of carbonyl (C=O) groups is 1. The Morgan fingerprint density at radius 1 is 1.22 bits per heavy atom. The Bertz CT molecular complexity index is 869. The fraction of sp³-hybridized carbons (Fsp3) is 0.381. The Hall–Kier alpha value is -2.60. The molecule has 0 saturated carbocycles. The third-order valence-corrected chi connectivity index (χ3v) is 4.94. The number of halogens is 1. The van der Waals surface area contributed by atoms with Crippen LogP contribution in [-0.4, -0.2) is 23.8 Å². The van der Waals surface area contributed by atoms with Gasteiger partial charge in [-0.1, -0.05) is 25.5 Å². The molecular weight excluding hydrogens is 347 g/mol. The average molecular weight is 372 g/mol. The second kappa shape index (κ2) is 7.56. The van der Waals surface area contributed by atoms with E-state index in [1.54, 1.807) is 6.07 Å². The summed E-state index contributed by atoms with van der Waals surface area (Å²) in [6, 6.07) is 8.51. The summed E-state index contributed by atoms with van der Waals surface area (Å²) in [5.41, 5.74) is 4.11. The number of rotatable bonds is 6. The standard InChI is InChI=1S/C21H25FN2O3/c1-4-7-21(11-14-5-6-16(17(22)9-14)20(26)27-3)23-18-10-15(12-25)8-13(2)19(18)24-21/h5-6,8-10,23-25H,4,7,11-12H2,1-3H3. The molecule has 27 heavy (non-hydrogen) atoms. The number of carbonyl (C=O) groups excluding carboxylic acids is 1. The molecule has 0 aliphatic carbocycles. The first-order chi connectivity index (χ1) is 12.9. The lowest BCUT2D eigenvalue weighted by molar-refractivity contribution is 0.0595. The zero-order chi connectivity index (χ0) is 19.6. The van der Waals surface area contributed by atoms with Crippen molar-refractivity contribution in [1.82, 2.24) is 0 Å². The summed E-state index contributed by atoms with van der Waals surface area (Å²) >= 11 is 0. The third kappa shape index (κ3) is 3.76. The number of ether oxygens (including phenoxy) is 1. The largest absolute Gasteiger partial charge is 0.465 e. The molecule has 6 heteroatoms. The van der Waals surface area contributed by atoms with E-state index < -0.39 is 17.4 Å². The molecule has 0 aromatic heterocycles. The lowest BCUT2D eigenvalue weighted by atomic mass is 9.94. The summed E-state index contributed by atoms with van der Waals surface area (Å²) in [5, 5.41) is 16.6. The Balaban J connectivity index is 1.90. The van der Waals surface area contributed by atoms with Gasteiger partial charge in [-0.25, -0.2) is 9.18 Å². The molecule has 0 saturated heterocycles. The zero-order valence-corrected chi connectivity index (χ0v) is 15.9.